The van der Waals surface area contributed by atoms with Gasteiger partial charge >= 0.3 is 0 Å². The molecule has 0 aromatic heterocycles. The van der Waals surface area contributed by atoms with Crippen molar-refractivity contribution in [1.29, 1.82) is 0 Å². The van der Waals surface area contributed by atoms with E-state index in [1.165, 1.54) is 0 Å². The van der Waals surface area contributed by atoms with Gasteiger partial charge in [-0.05, 0) is 13.3 Å². The molecular formula is C12H23N3O2. The molecule has 0 spiro atoms. The average Bonchev–Trinajstić information content (AvgIpc) is 2.78. The number of nitrogens with two attached hydrogens (primary N) is 1. The van der Waals surface area contributed by atoms with Gasteiger partial charge in [-0.15, -0.1) is 0 Å². The number of carbonyl (C=O) groups excluding carboxylic acids is 1. The third-order valence-electron chi connectivity index (χ3n) is 3.57. The minimum atomic E-state index is -0.0371. The van der Waals surface area contributed by atoms with E-state index in [4.69, 9.17) is 10.5 Å². The number of rotatable bonds is 3. The molecule has 2 saturated heterocycles. The van der Waals surface area contributed by atoms with Crippen molar-refractivity contribution in [3.63, 3.8) is 0 Å². The van der Waals surface area contributed by atoms with Crippen LogP contribution in [0.5, 0.6) is 0 Å². The number of ether oxygens (including phenoxy) is 1. The SMILES string of the molecule is CC(N)CC(=O)N1CCC(N2CCOCC2)C1. The van der Waals surface area contributed by atoms with Crippen LogP contribution < -0.4 is 5.73 Å². The maximum absolute atomic E-state index is 11.9. The molecule has 2 aliphatic heterocycles. The number of hydrogen-bond acceptors (Lipinski definition) is 4. The highest BCUT2D eigenvalue weighted by molar-refractivity contribution is 5.77. The standard InChI is InChI=1S/C12H23N3O2/c1-10(13)8-12(16)15-3-2-11(9-15)14-4-6-17-7-5-14/h10-11H,2-9,13H2,1H3. The van der Waals surface area contributed by atoms with Crippen LogP contribution >= 0.6 is 0 Å². The number of amides is 1. The van der Waals surface area contributed by atoms with Crippen molar-refractivity contribution >= 4 is 5.91 Å². The van der Waals surface area contributed by atoms with Gasteiger partial charge < -0.3 is 15.4 Å². The average molecular weight is 241 g/mol. The Morgan fingerprint density at radius 1 is 1.41 bits per heavy atom. The third kappa shape index (κ3) is 3.40. The molecule has 0 aromatic rings. The number of likely N-dealkylation sites (tertiary alicyclic amines) is 1. The summed E-state index contributed by atoms with van der Waals surface area (Å²) in [7, 11) is 0. The van der Waals surface area contributed by atoms with E-state index in [9.17, 15) is 4.79 Å². The Hall–Kier alpha value is -0.650. The topological polar surface area (TPSA) is 58.8 Å². The van der Waals surface area contributed by atoms with Crippen LogP contribution in [0, 0.1) is 0 Å². The molecule has 2 atom stereocenters. The molecule has 98 valence electrons. The molecule has 2 aliphatic rings. The van der Waals surface area contributed by atoms with E-state index in [1.54, 1.807) is 0 Å². The molecule has 0 radical (unpaired) electrons. The van der Waals surface area contributed by atoms with Crippen molar-refractivity contribution in [2.24, 2.45) is 5.73 Å². The smallest absolute Gasteiger partial charge is 0.224 e. The number of carbonyl (C=O) groups is 1. The Morgan fingerprint density at radius 2 is 2.12 bits per heavy atom. The summed E-state index contributed by atoms with van der Waals surface area (Å²) < 4.78 is 5.35. The first-order valence-electron chi connectivity index (χ1n) is 6.52. The second kappa shape index (κ2) is 5.80. The van der Waals surface area contributed by atoms with Gasteiger partial charge in [0.25, 0.3) is 0 Å². The maximum Gasteiger partial charge on any atom is 0.224 e. The van der Waals surface area contributed by atoms with E-state index in [2.05, 4.69) is 4.90 Å². The van der Waals surface area contributed by atoms with E-state index in [1.807, 2.05) is 11.8 Å². The fraction of sp³-hybridized carbons (Fsp3) is 0.917. The normalized spacial score (nSPS) is 28.4. The van der Waals surface area contributed by atoms with E-state index in [0.717, 1.165) is 45.8 Å². The molecule has 5 nitrogen and oxygen atoms in total. The lowest BCUT2D eigenvalue weighted by molar-refractivity contribution is -0.130. The largest absolute Gasteiger partial charge is 0.379 e. The Bertz CT molecular complexity index is 264. The van der Waals surface area contributed by atoms with Gasteiger partial charge in [-0.25, -0.2) is 0 Å². The maximum atomic E-state index is 11.9. The van der Waals surface area contributed by atoms with Gasteiger partial charge in [0.2, 0.25) is 5.91 Å². The minimum Gasteiger partial charge on any atom is -0.379 e. The van der Waals surface area contributed by atoms with Crippen molar-refractivity contribution < 1.29 is 9.53 Å². The molecule has 2 unspecified atom stereocenters. The van der Waals surface area contributed by atoms with Crippen LogP contribution in [-0.2, 0) is 9.53 Å². The lowest BCUT2D eigenvalue weighted by Crippen LogP contribution is -2.45. The predicted octanol–water partition coefficient (Wildman–Crippen LogP) is -0.343. The molecular weight excluding hydrogens is 218 g/mol. The lowest BCUT2D eigenvalue weighted by atomic mass is 10.2. The zero-order valence-corrected chi connectivity index (χ0v) is 10.6. The molecule has 2 rings (SSSR count). The molecule has 0 saturated carbocycles. The second-order valence-corrected chi connectivity index (χ2v) is 5.11. The summed E-state index contributed by atoms with van der Waals surface area (Å²) in [6, 6.07) is 0.487. The molecule has 17 heavy (non-hydrogen) atoms. The summed E-state index contributed by atoms with van der Waals surface area (Å²) in [5.41, 5.74) is 5.66. The summed E-state index contributed by atoms with van der Waals surface area (Å²) in [4.78, 5) is 16.3. The summed E-state index contributed by atoms with van der Waals surface area (Å²) >= 11 is 0. The lowest BCUT2D eigenvalue weighted by Gasteiger charge is -2.32. The zero-order valence-electron chi connectivity index (χ0n) is 10.6. The van der Waals surface area contributed by atoms with Crippen LogP contribution in [0.25, 0.3) is 0 Å². The van der Waals surface area contributed by atoms with Crippen LogP contribution in [0.15, 0.2) is 0 Å². The molecule has 1 amide bonds. The second-order valence-electron chi connectivity index (χ2n) is 5.11. The van der Waals surface area contributed by atoms with Crippen LogP contribution in [0.4, 0.5) is 0 Å². The van der Waals surface area contributed by atoms with E-state index >= 15 is 0 Å². The predicted molar refractivity (Wildman–Crippen MR) is 65.6 cm³/mol. The van der Waals surface area contributed by atoms with Gasteiger partial charge in [0, 0.05) is 44.7 Å². The summed E-state index contributed by atoms with van der Waals surface area (Å²) in [6.07, 6.45) is 1.56. The molecule has 2 N–H and O–H groups in total. The summed E-state index contributed by atoms with van der Waals surface area (Å²) in [5.74, 6) is 0.204. The number of nitrogens with zero attached hydrogens (tertiary/aromatic N) is 2. The van der Waals surface area contributed by atoms with Crippen LogP contribution in [0.1, 0.15) is 19.8 Å². The van der Waals surface area contributed by atoms with E-state index in [0.29, 0.717) is 12.5 Å². The van der Waals surface area contributed by atoms with Crippen LogP contribution in [-0.4, -0.2) is 67.2 Å². The van der Waals surface area contributed by atoms with Crippen molar-refractivity contribution in [2.75, 3.05) is 39.4 Å². The first kappa shape index (κ1) is 12.8. The fourth-order valence-corrected chi connectivity index (χ4v) is 2.61. The number of morpholine rings is 1. The first-order chi connectivity index (χ1) is 8.16. The Balaban J connectivity index is 1.80. The van der Waals surface area contributed by atoms with Crippen molar-refractivity contribution in [1.82, 2.24) is 9.80 Å². The van der Waals surface area contributed by atoms with E-state index in [-0.39, 0.29) is 11.9 Å². The van der Waals surface area contributed by atoms with Gasteiger partial charge in [-0.2, -0.15) is 0 Å². The molecule has 0 aliphatic carbocycles. The summed E-state index contributed by atoms with van der Waals surface area (Å²) in [5, 5.41) is 0. The van der Waals surface area contributed by atoms with Crippen LogP contribution in [0.3, 0.4) is 0 Å². The van der Waals surface area contributed by atoms with Gasteiger partial charge in [-0.1, -0.05) is 0 Å². The first-order valence-corrected chi connectivity index (χ1v) is 6.52. The quantitative estimate of drug-likeness (QED) is 0.734. The monoisotopic (exact) mass is 241 g/mol. The van der Waals surface area contributed by atoms with Gasteiger partial charge in [0.1, 0.15) is 0 Å². The Kier molecular flexibility index (Phi) is 4.36. The highest BCUT2D eigenvalue weighted by Crippen LogP contribution is 2.17. The fourth-order valence-electron chi connectivity index (χ4n) is 2.61. The van der Waals surface area contributed by atoms with Gasteiger partial charge in [-0.3, -0.25) is 9.69 Å². The van der Waals surface area contributed by atoms with E-state index < -0.39 is 0 Å². The molecule has 5 heteroatoms. The molecule has 2 fully saturated rings. The molecule has 0 bridgehead atoms. The third-order valence-corrected chi connectivity index (χ3v) is 3.57. The van der Waals surface area contributed by atoms with Crippen molar-refractivity contribution in [3.8, 4) is 0 Å². The molecule has 0 aromatic carbocycles. The zero-order chi connectivity index (χ0) is 12.3. The Labute approximate surface area is 103 Å². The highest BCUT2D eigenvalue weighted by Gasteiger charge is 2.30. The van der Waals surface area contributed by atoms with Gasteiger partial charge in [0.05, 0.1) is 13.2 Å². The molecule has 2 heterocycles. The summed E-state index contributed by atoms with van der Waals surface area (Å²) in [6.45, 7) is 7.28. The minimum absolute atomic E-state index is 0.0371. The van der Waals surface area contributed by atoms with Crippen LogP contribution in [0.2, 0.25) is 0 Å². The highest BCUT2D eigenvalue weighted by atomic mass is 16.5. The Morgan fingerprint density at radius 3 is 2.76 bits per heavy atom. The number of hydrogen-bond donors (Lipinski definition) is 1. The van der Waals surface area contributed by atoms with Crippen molar-refractivity contribution in [2.45, 2.75) is 31.8 Å². The van der Waals surface area contributed by atoms with Crippen molar-refractivity contribution in [3.05, 3.63) is 0 Å². The van der Waals surface area contributed by atoms with Gasteiger partial charge in [0.15, 0.2) is 0 Å².